The van der Waals surface area contributed by atoms with Crippen molar-refractivity contribution in [3.8, 4) is 0 Å². The lowest BCUT2D eigenvalue weighted by molar-refractivity contribution is 0.215. The van der Waals surface area contributed by atoms with Crippen LogP contribution in [0.3, 0.4) is 0 Å². The average molecular weight is 200 g/mol. The molecule has 3 nitrogen and oxygen atoms in total. The third-order valence-electron chi connectivity index (χ3n) is 2.21. The van der Waals surface area contributed by atoms with E-state index < -0.39 is 6.10 Å². The maximum atomic E-state index is 9.98. The molecule has 1 unspecified atom stereocenters. The van der Waals surface area contributed by atoms with E-state index in [1.165, 1.54) is 0 Å². The molecule has 0 saturated heterocycles. The molecule has 0 amide bonds. The maximum absolute atomic E-state index is 9.98. The normalized spacial score (nSPS) is 12.4. The van der Waals surface area contributed by atoms with Crippen molar-refractivity contribution in [1.82, 2.24) is 9.97 Å². The van der Waals surface area contributed by atoms with Gasteiger partial charge in [-0.2, -0.15) is 0 Å². The Balaban J connectivity index is 2.29. The van der Waals surface area contributed by atoms with E-state index in [0.29, 0.717) is 5.69 Å². The summed E-state index contributed by atoms with van der Waals surface area (Å²) in [7, 11) is 0. The quantitative estimate of drug-likeness (QED) is 0.804. The number of aliphatic hydroxyl groups is 1. The first-order valence-corrected chi connectivity index (χ1v) is 4.78. The first-order valence-electron chi connectivity index (χ1n) is 4.78. The molecule has 0 bridgehead atoms. The van der Waals surface area contributed by atoms with Gasteiger partial charge in [0, 0.05) is 24.2 Å². The number of nitrogens with zero attached hydrogens (tertiary/aromatic N) is 2. The highest BCUT2D eigenvalue weighted by Gasteiger charge is 2.10. The van der Waals surface area contributed by atoms with Gasteiger partial charge in [-0.1, -0.05) is 12.1 Å². The van der Waals surface area contributed by atoms with E-state index in [-0.39, 0.29) is 0 Å². The van der Waals surface area contributed by atoms with Crippen LogP contribution in [0.5, 0.6) is 0 Å². The molecule has 0 aliphatic rings. The van der Waals surface area contributed by atoms with Crippen molar-refractivity contribution in [2.75, 3.05) is 0 Å². The summed E-state index contributed by atoms with van der Waals surface area (Å²) in [5.41, 5.74) is 2.49. The van der Waals surface area contributed by atoms with Gasteiger partial charge in [-0.25, -0.2) is 0 Å². The molecule has 0 radical (unpaired) electrons. The minimum absolute atomic E-state index is 0.647. The number of aryl methyl sites for hydroxylation is 1. The van der Waals surface area contributed by atoms with Crippen molar-refractivity contribution in [3.05, 3.63) is 59.7 Å². The van der Waals surface area contributed by atoms with E-state index in [2.05, 4.69) is 9.97 Å². The highest BCUT2D eigenvalue weighted by molar-refractivity contribution is 5.24. The van der Waals surface area contributed by atoms with Gasteiger partial charge >= 0.3 is 0 Å². The molecule has 76 valence electrons. The molecule has 2 aromatic rings. The summed E-state index contributed by atoms with van der Waals surface area (Å²) in [6.07, 6.45) is 4.37. The van der Waals surface area contributed by atoms with Crippen molar-refractivity contribution in [1.29, 1.82) is 0 Å². The molecule has 0 saturated carbocycles. The second-order valence-electron chi connectivity index (χ2n) is 3.45. The predicted octanol–water partition coefficient (Wildman–Crippen LogP) is 1.87. The van der Waals surface area contributed by atoms with Crippen LogP contribution < -0.4 is 0 Å². The third kappa shape index (κ3) is 2.19. The van der Waals surface area contributed by atoms with Crippen LogP contribution in [0.2, 0.25) is 0 Å². The second kappa shape index (κ2) is 4.19. The highest BCUT2D eigenvalue weighted by Crippen LogP contribution is 2.18. The fraction of sp³-hybridized carbons (Fsp3) is 0.167. The predicted molar refractivity (Wildman–Crippen MR) is 57.3 cm³/mol. The molecule has 15 heavy (non-hydrogen) atoms. The third-order valence-corrected chi connectivity index (χ3v) is 2.21. The van der Waals surface area contributed by atoms with E-state index in [1.807, 2.05) is 25.1 Å². The zero-order chi connectivity index (χ0) is 10.7. The topological polar surface area (TPSA) is 46.0 Å². The van der Waals surface area contributed by atoms with Crippen molar-refractivity contribution in [2.24, 2.45) is 0 Å². The Morgan fingerprint density at radius 2 is 2.07 bits per heavy atom. The van der Waals surface area contributed by atoms with E-state index in [4.69, 9.17) is 0 Å². The van der Waals surface area contributed by atoms with E-state index in [0.717, 1.165) is 11.1 Å². The Morgan fingerprint density at radius 3 is 2.67 bits per heavy atom. The van der Waals surface area contributed by atoms with Gasteiger partial charge in [-0.05, 0) is 24.6 Å². The molecule has 0 aliphatic heterocycles. The molecule has 0 spiro atoms. The van der Waals surface area contributed by atoms with Gasteiger partial charge in [-0.15, -0.1) is 0 Å². The number of rotatable bonds is 2. The van der Waals surface area contributed by atoms with Gasteiger partial charge < -0.3 is 5.11 Å². The summed E-state index contributed by atoms with van der Waals surface area (Å²) in [5.74, 6) is 0. The van der Waals surface area contributed by atoms with Crippen LogP contribution in [0.4, 0.5) is 0 Å². The van der Waals surface area contributed by atoms with Gasteiger partial charge in [0.2, 0.25) is 0 Å². The number of hydrogen-bond donors (Lipinski definition) is 1. The van der Waals surface area contributed by atoms with Crippen molar-refractivity contribution in [2.45, 2.75) is 13.0 Å². The number of hydrogen-bond acceptors (Lipinski definition) is 3. The Labute approximate surface area is 88.5 Å². The van der Waals surface area contributed by atoms with Crippen LogP contribution in [0.25, 0.3) is 0 Å². The van der Waals surface area contributed by atoms with Crippen LogP contribution in [-0.4, -0.2) is 15.1 Å². The molecule has 2 heterocycles. The average Bonchev–Trinajstić information content (AvgIpc) is 2.30. The largest absolute Gasteiger partial charge is 0.382 e. The van der Waals surface area contributed by atoms with Gasteiger partial charge in [0.1, 0.15) is 6.10 Å². The van der Waals surface area contributed by atoms with Crippen LogP contribution in [0.15, 0.2) is 42.9 Å². The van der Waals surface area contributed by atoms with E-state index in [1.54, 1.807) is 24.7 Å². The second-order valence-corrected chi connectivity index (χ2v) is 3.45. The molecule has 2 aromatic heterocycles. The van der Waals surface area contributed by atoms with Crippen molar-refractivity contribution in [3.63, 3.8) is 0 Å². The van der Waals surface area contributed by atoms with Gasteiger partial charge in [0.15, 0.2) is 0 Å². The maximum Gasteiger partial charge on any atom is 0.122 e. The molecule has 2 rings (SSSR count). The fourth-order valence-electron chi connectivity index (χ4n) is 1.35. The molecule has 1 atom stereocenters. The summed E-state index contributed by atoms with van der Waals surface area (Å²) in [6.45, 7) is 1.97. The van der Waals surface area contributed by atoms with E-state index >= 15 is 0 Å². The molecule has 0 aliphatic carbocycles. The van der Waals surface area contributed by atoms with Gasteiger partial charge in [0.05, 0.1) is 5.69 Å². The SMILES string of the molecule is Cc1ccc(C(O)c2cccnc2)nc1. The molecule has 0 fully saturated rings. The first kappa shape index (κ1) is 9.80. The minimum atomic E-state index is -0.695. The molecular weight excluding hydrogens is 188 g/mol. The van der Waals surface area contributed by atoms with E-state index in [9.17, 15) is 5.11 Å². The number of aromatic nitrogens is 2. The monoisotopic (exact) mass is 200 g/mol. The first-order chi connectivity index (χ1) is 7.27. The Hall–Kier alpha value is -1.74. The van der Waals surface area contributed by atoms with Gasteiger partial charge in [0.25, 0.3) is 0 Å². The Bertz CT molecular complexity index is 425. The standard InChI is InChI=1S/C12H12N2O/c1-9-4-5-11(14-7-9)12(15)10-3-2-6-13-8-10/h2-8,12,15H,1H3. The summed E-state index contributed by atoms with van der Waals surface area (Å²) in [6, 6.07) is 7.39. The smallest absolute Gasteiger partial charge is 0.122 e. The van der Waals surface area contributed by atoms with Crippen molar-refractivity contribution < 1.29 is 5.11 Å². The van der Waals surface area contributed by atoms with Gasteiger partial charge in [-0.3, -0.25) is 9.97 Å². The lowest BCUT2D eigenvalue weighted by Crippen LogP contribution is -2.02. The number of aliphatic hydroxyl groups excluding tert-OH is 1. The van der Waals surface area contributed by atoms with Crippen molar-refractivity contribution >= 4 is 0 Å². The minimum Gasteiger partial charge on any atom is -0.382 e. The number of pyridine rings is 2. The lowest BCUT2D eigenvalue weighted by Gasteiger charge is -2.09. The Morgan fingerprint density at radius 1 is 1.20 bits per heavy atom. The zero-order valence-electron chi connectivity index (χ0n) is 8.46. The Kier molecular flexibility index (Phi) is 2.74. The lowest BCUT2D eigenvalue weighted by atomic mass is 10.1. The molecular formula is C12H12N2O. The summed E-state index contributed by atoms with van der Waals surface area (Å²) in [4.78, 5) is 8.14. The summed E-state index contributed by atoms with van der Waals surface area (Å²) >= 11 is 0. The molecule has 0 aromatic carbocycles. The summed E-state index contributed by atoms with van der Waals surface area (Å²) < 4.78 is 0. The van der Waals surface area contributed by atoms with Crippen LogP contribution >= 0.6 is 0 Å². The van der Waals surface area contributed by atoms with Crippen LogP contribution in [-0.2, 0) is 0 Å². The fourth-order valence-corrected chi connectivity index (χ4v) is 1.35. The summed E-state index contributed by atoms with van der Waals surface area (Å²) in [5, 5.41) is 9.98. The molecule has 1 N–H and O–H groups in total. The molecule has 3 heteroatoms. The van der Waals surface area contributed by atoms with Crippen LogP contribution in [0.1, 0.15) is 22.9 Å². The van der Waals surface area contributed by atoms with Crippen LogP contribution in [0, 0.1) is 6.92 Å². The zero-order valence-corrected chi connectivity index (χ0v) is 8.46. The highest BCUT2D eigenvalue weighted by atomic mass is 16.3.